The van der Waals surface area contributed by atoms with E-state index in [9.17, 15) is 4.79 Å². The number of carbonyl (C=O) groups excluding carboxylic acids is 1. The molecule has 0 unspecified atom stereocenters. The normalized spacial score (nSPS) is 10.9. The van der Waals surface area contributed by atoms with Gasteiger partial charge in [0.2, 0.25) is 0 Å². The van der Waals surface area contributed by atoms with Gasteiger partial charge in [-0.05, 0) is 43.4 Å². The van der Waals surface area contributed by atoms with E-state index in [0.717, 1.165) is 11.1 Å². The highest BCUT2D eigenvalue weighted by atomic mass is 35.5. The Hall–Kier alpha value is -2.63. The maximum Gasteiger partial charge on any atom is 0.258 e. The summed E-state index contributed by atoms with van der Waals surface area (Å²) in [5.41, 5.74) is 3.33. The van der Waals surface area contributed by atoms with Gasteiger partial charge in [0.15, 0.2) is 0 Å². The number of rotatable bonds is 6. The number of aromatic nitrogens is 2. The molecule has 1 N–H and O–H groups in total. The maximum atomic E-state index is 12.5. The van der Waals surface area contributed by atoms with Gasteiger partial charge in [-0.1, -0.05) is 41.9 Å². The average Bonchev–Trinajstić information content (AvgIpc) is 3.07. The van der Waals surface area contributed by atoms with Gasteiger partial charge in [-0.15, -0.1) is 0 Å². The molecule has 0 aliphatic carbocycles. The van der Waals surface area contributed by atoms with Crippen LogP contribution in [-0.4, -0.2) is 34.7 Å². The largest absolute Gasteiger partial charge is 0.322 e. The van der Waals surface area contributed by atoms with E-state index in [4.69, 9.17) is 11.6 Å². The number of nitrogens with one attached hydrogen (secondary N) is 1. The van der Waals surface area contributed by atoms with Crippen LogP contribution < -0.4 is 5.32 Å². The van der Waals surface area contributed by atoms with Crippen LogP contribution in [0.4, 0.5) is 5.69 Å². The lowest BCUT2D eigenvalue weighted by Crippen LogP contribution is -2.13. The highest BCUT2D eigenvalue weighted by Crippen LogP contribution is 2.22. The molecular weight excluding hydrogens is 348 g/mol. The summed E-state index contributed by atoms with van der Waals surface area (Å²) < 4.78 is 1.75. The number of carbonyl (C=O) groups is 1. The monoisotopic (exact) mass is 368 g/mol. The van der Waals surface area contributed by atoms with Gasteiger partial charge in [0.1, 0.15) is 0 Å². The minimum Gasteiger partial charge on any atom is -0.322 e. The number of benzene rings is 2. The van der Waals surface area contributed by atoms with Crippen molar-refractivity contribution in [2.75, 3.05) is 19.4 Å². The van der Waals surface area contributed by atoms with E-state index in [1.807, 2.05) is 55.4 Å². The van der Waals surface area contributed by atoms with E-state index in [1.165, 1.54) is 0 Å². The first kappa shape index (κ1) is 18.2. The van der Waals surface area contributed by atoms with Crippen LogP contribution in [-0.2, 0) is 13.1 Å². The van der Waals surface area contributed by atoms with Crippen LogP contribution in [0.25, 0.3) is 0 Å². The molecule has 0 atom stereocenters. The van der Waals surface area contributed by atoms with Crippen LogP contribution in [0.5, 0.6) is 0 Å². The standard InChI is InChI=1S/C20H21ClN4O/c1-24(2)13-16-10-18(8-9-19(16)21)23-20(26)17-11-22-25(14-17)12-15-6-4-3-5-7-15/h3-11,14H,12-13H2,1-2H3,(H,23,26). The lowest BCUT2D eigenvalue weighted by Gasteiger charge is -2.13. The Kier molecular flexibility index (Phi) is 5.71. The number of halogens is 1. The molecule has 2 aromatic carbocycles. The molecule has 0 saturated heterocycles. The highest BCUT2D eigenvalue weighted by molar-refractivity contribution is 6.31. The van der Waals surface area contributed by atoms with Crippen molar-refractivity contribution in [2.24, 2.45) is 0 Å². The fourth-order valence-corrected chi connectivity index (χ4v) is 2.83. The van der Waals surface area contributed by atoms with Crippen molar-refractivity contribution in [1.29, 1.82) is 0 Å². The van der Waals surface area contributed by atoms with E-state index in [0.29, 0.717) is 29.4 Å². The molecule has 1 amide bonds. The number of hydrogen-bond acceptors (Lipinski definition) is 3. The van der Waals surface area contributed by atoms with Gasteiger partial charge in [0.05, 0.1) is 18.3 Å². The summed E-state index contributed by atoms with van der Waals surface area (Å²) in [6, 6.07) is 15.5. The number of anilines is 1. The molecule has 134 valence electrons. The predicted molar refractivity (Wildman–Crippen MR) is 105 cm³/mol. The Morgan fingerprint density at radius 2 is 1.96 bits per heavy atom. The molecule has 0 spiro atoms. The van der Waals surface area contributed by atoms with E-state index in [-0.39, 0.29) is 5.91 Å². The zero-order chi connectivity index (χ0) is 18.5. The second-order valence-corrected chi connectivity index (χ2v) is 6.82. The second kappa shape index (κ2) is 8.17. The molecule has 5 nitrogen and oxygen atoms in total. The van der Waals surface area contributed by atoms with Crippen molar-refractivity contribution < 1.29 is 4.79 Å². The zero-order valence-corrected chi connectivity index (χ0v) is 15.6. The van der Waals surface area contributed by atoms with Crippen molar-refractivity contribution in [3.63, 3.8) is 0 Å². The molecule has 1 heterocycles. The van der Waals surface area contributed by atoms with Crippen molar-refractivity contribution in [3.8, 4) is 0 Å². The van der Waals surface area contributed by atoms with E-state index in [2.05, 4.69) is 10.4 Å². The average molecular weight is 369 g/mol. The Morgan fingerprint density at radius 1 is 1.19 bits per heavy atom. The summed E-state index contributed by atoms with van der Waals surface area (Å²) >= 11 is 6.22. The molecule has 0 aliphatic rings. The van der Waals surface area contributed by atoms with Crippen LogP contribution in [0.15, 0.2) is 60.9 Å². The van der Waals surface area contributed by atoms with Crippen molar-refractivity contribution in [3.05, 3.63) is 82.6 Å². The lowest BCUT2D eigenvalue weighted by molar-refractivity contribution is 0.102. The third-order valence-electron chi connectivity index (χ3n) is 3.87. The molecule has 6 heteroatoms. The summed E-state index contributed by atoms with van der Waals surface area (Å²) in [5.74, 6) is -0.192. The summed E-state index contributed by atoms with van der Waals surface area (Å²) in [6.07, 6.45) is 3.33. The summed E-state index contributed by atoms with van der Waals surface area (Å²) in [7, 11) is 3.95. The van der Waals surface area contributed by atoms with Crippen LogP contribution in [0.3, 0.4) is 0 Å². The maximum absolute atomic E-state index is 12.5. The second-order valence-electron chi connectivity index (χ2n) is 6.41. The topological polar surface area (TPSA) is 50.2 Å². The first-order valence-electron chi connectivity index (χ1n) is 8.32. The van der Waals surface area contributed by atoms with Crippen molar-refractivity contribution in [2.45, 2.75) is 13.1 Å². The number of hydrogen-bond donors (Lipinski definition) is 1. The van der Waals surface area contributed by atoms with Gasteiger partial charge >= 0.3 is 0 Å². The van der Waals surface area contributed by atoms with Crippen LogP contribution >= 0.6 is 11.6 Å². The lowest BCUT2D eigenvalue weighted by atomic mass is 10.2. The van der Waals surface area contributed by atoms with Crippen LogP contribution in [0, 0.1) is 0 Å². The van der Waals surface area contributed by atoms with Crippen LogP contribution in [0.2, 0.25) is 5.02 Å². The first-order valence-corrected chi connectivity index (χ1v) is 8.70. The third kappa shape index (κ3) is 4.71. The molecule has 26 heavy (non-hydrogen) atoms. The SMILES string of the molecule is CN(C)Cc1cc(NC(=O)c2cnn(Cc3ccccc3)c2)ccc1Cl. The smallest absolute Gasteiger partial charge is 0.258 e. The van der Waals surface area contributed by atoms with Crippen LogP contribution in [0.1, 0.15) is 21.5 Å². The Labute approximate surface area is 158 Å². The van der Waals surface area contributed by atoms with Gasteiger partial charge in [0.25, 0.3) is 5.91 Å². The molecule has 0 bridgehead atoms. The fourth-order valence-electron chi connectivity index (χ4n) is 2.66. The molecule has 0 aliphatic heterocycles. The number of amides is 1. The Balaban J connectivity index is 1.69. The van der Waals surface area contributed by atoms with Gasteiger partial charge < -0.3 is 10.2 Å². The fraction of sp³-hybridized carbons (Fsp3) is 0.200. The Morgan fingerprint density at radius 3 is 2.69 bits per heavy atom. The molecule has 0 fully saturated rings. The molecule has 1 aromatic heterocycles. The third-order valence-corrected chi connectivity index (χ3v) is 4.24. The minimum atomic E-state index is -0.192. The first-order chi connectivity index (χ1) is 12.5. The molecule has 3 aromatic rings. The van der Waals surface area contributed by atoms with E-state index < -0.39 is 0 Å². The van der Waals surface area contributed by atoms with Gasteiger partial charge in [-0.2, -0.15) is 5.10 Å². The molecule has 0 saturated carbocycles. The molecular formula is C20H21ClN4O. The van der Waals surface area contributed by atoms with E-state index in [1.54, 1.807) is 29.2 Å². The van der Waals surface area contributed by atoms with E-state index >= 15 is 0 Å². The molecule has 3 rings (SSSR count). The van der Waals surface area contributed by atoms with Gasteiger partial charge in [0, 0.05) is 23.5 Å². The Bertz CT molecular complexity index is 890. The zero-order valence-electron chi connectivity index (χ0n) is 14.8. The summed E-state index contributed by atoms with van der Waals surface area (Å²) in [4.78, 5) is 14.5. The van der Waals surface area contributed by atoms with Crippen molar-refractivity contribution >= 4 is 23.2 Å². The van der Waals surface area contributed by atoms with Crippen molar-refractivity contribution in [1.82, 2.24) is 14.7 Å². The number of nitrogens with zero attached hydrogens (tertiary/aromatic N) is 3. The van der Waals surface area contributed by atoms with Gasteiger partial charge in [-0.25, -0.2) is 0 Å². The summed E-state index contributed by atoms with van der Waals surface area (Å²) in [5, 5.41) is 7.87. The van der Waals surface area contributed by atoms with Gasteiger partial charge in [-0.3, -0.25) is 9.48 Å². The minimum absolute atomic E-state index is 0.192. The quantitative estimate of drug-likeness (QED) is 0.718. The summed E-state index contributed by atoms with van der Waals surface area (Å²) in [6.45, 7) is 1.33. The predicted octanol–water partition coefficient (Wildman–Crippen LogP) is 3.90. The highest BCUT2D eigenvalue weighted by Gasteiger charge is 2.11. The molecule has 0 radical (unpaired) electrons.